The van der Waals surface area contributed by atoms with E-state index in [4.69, 9.17) is 23.7 Å². The summed E-state index contributed by atoms with van der Waals surface area (Å²) < 4.78 is 27.2. The van der Waals surface area contributed by atoms with E-state index in [0.29, 0.717) is 29.4 Å². The summed E-state index contributed by atoms with van der Waals surface area (Å²) in [7, 11) is 3.15. The molecule has 170 valence electrons. The lowest BCUT2D eigenvalue weighted by atomic mass is 10.0. The van der Waals surface area contributed by atoms with Crippen LogP contribution in [-0.2, 0) is 11.3 Å². The number of benzene rings is 3. The van der Waals surface area contributed by atoms with Crippen LogP contribution in [0.2, 0.25) is 0 Å². The minimum atomic E-state index is -0.786. The van der Waals surface area contributed by atoms with Crippen LogP contribution in [0.3, 0.4) is 0 Å². The summed E-state index contributed by atoms with van der Waals surface area (Å²) in [6.07, 6.45) is -0.786. The van der Waals surface area contributed by atoms with Crippen LogP contribution in [0.1, 0.15) is 12.5 Å². The van der Waals surface area contributed by atoms with Crippen LogP contribution >= 0.6 is 0 Å². The molecule has 1 aromatic heterocycles. The highest BCUT2D eigenvalue weighted by atomic mass is 16.7. The van der Waals surface area contributed by atoms with Gasteiger partial charge in [0.15, 0.2) is 11.5 Å². The zero-order valence-electron chi connectivity index (χ0n) is 18.7. The molecule has 0 spiro atoms. The Balaban J connectivity index is 1.73. The molecule has 0 bridgehead atoms. The van der Waals surface area contributed by atoms with E-state index < -0.39 is 6.16 Å². The van der Waals surface area contributed by atoms with Gasteiger partial charge in [-0.3, -0.25) is 0 Å². The summed E-state index contributed by atoms with van der Waals surface area (Å²) in [5.41, 5.74) is 3.32. The zero-order valence-corrected chi connectivity index (χ0v) is 18.7. The van der Waals surface area contributed by atoms with Gasteiger partial charge in [-0.25, -0.2) is 4.79 Å². The van der Waals surface area contributed by atoms with Gasteiger partial charge in [-0.05, 0) is 42.3 Å². The molecule has 7 heteroatoms. The lowest BCUT2D eigenvalue weighted by Gasteiger charge is -2.11. The average molecular weight is 447 g/mol. The van der Waals surface area contributed by atoms with E-state index >= 15 is 0 Å². The van der Waals surface area contributed by atoms with E-state index in [0.717, 1.165) is 22.0 Å². The summed E-state index contributed by atoms with van der Waals surface area (Å²) in [6, 6.07) is 21.1. The quantitative estimate of drug-likeness (QED) is 0.336. The van der Waals surface area contributed by atoms with Crippen molar-refractivity contribution in [2.45, 2.75) is 13.5 Å². The second-order valence-electron chi connectivity index (χ2n) is 7.17. The predicted molar refractivity (Wildman–Crippen MR) is 125 cm³/mol. The SMILES string of the molecule is CCOC(=O)Oc1[nH]c2cc(OCc3ccccc3)ccc2c1-c1ccc(OC)c(OC)c1. The summed E-state index contributed by atoms with van der Waals surface area (Å²) in [4.78, 5) is 15.3. The van der Waals surface area contributed by atoms with Crippen molar-refractivity contribution in [1.82, 2.24) is 4.98 Å². The Labute approximate surface area is 191 Å². The fraction of sp³-hybridized carbons (Fsp3) is 0.192. The first-order valence-corrected chi connectivity index (χ1v) is 10.5. The van der Waals surface area contributed by atoms with Crippen LogP contribution in [0.4, 0.5) is 4.79 Å². The number of aromatic nitrogens is 1. The van der Waals surface area contributed by atoms with Gasteiger partial charge in [0, 0.05) is 11.5 Å². The van der Waals surface area contributed by atoms with Crippen LogP contribution in [0, 0.1) is 0 Å². The molecule has 3 aromatic carbocycles. The first-order chi connectivity index (χ1) is 16.1. The van der Waals surface area contributed by atoms with Crippen LogP contribution in [0.25, 0.3) is 22.0 Å². The molecule has 0 unspecified atom stereocenters. The van der Waals surface area contributed by atoms with Gasteiger partial charge in [-0.15, -0.1) is 0 Å². The first kappa shape index (κ1) is 22.1. The minimum absolute atomic E-state index is 0.211. The van der Waals surface area contributed by atoms with Gasteiger partial charge in [0.25, 0.3) is 0 Å². The van der Waals surface area contributed by atoms with Gasteiger partial charge >= 0.3 is 6.16 Å². The Morgan fingerprint density at radius 2 is 1.70 bits per heavy atom. The van der Waals surface area contributed by atoms with E-state index in [-0.39, 0.29) is 12.5 Å². The normalized spacial score (nSPS) is 10.6. The van der Waals surface area contributed by atoms with Crippen LogP contribution < -0.4 is 18.9 Å². The third-order valence-corrected chi connectivity index (χ3v) is 5.10. The smallest absolute Gasteiger partial charge is 0.493 e. The molecule has 7 nitrogen and oxygen atoms in total. The van der Waals surface area contributed by atoms with Gasteiger partial charge in [0.05, 0.1) is 31.9 Å². The second-order valence-corrected chi connectivity index (χ2v) is 7.17. The number of hydrogen-bond donors (Lipinski definition) is 1. The molecule has 0 atom stereocenters. The number of fused-ring (bicyclic) bond motifs is 1. The number of nitrogens with one attached hydrogen (secondary N) is 1. The maximum absolute atomic E-state index is 12.1. The molecular weight excluding hydrogens is 422 g/mol. The monoisotopic (exact) mass is 447 g/mol. The molecule has 0 amide bonds. The minimum Gasteiger partial charge on any atom is -0.493 e. The third kappa shape index (κ3) is 4.87. The number of methoxy groups -OCH3 is 2. The van der Waals surface area contributed by atoms with Crippen molar-refractivity contribution in [2.24, 2.45) is 0 Å². The number of hydrogen-bond acceptors (Lipinski definition) is 6. The average Bonchev–Trinajstić information content (AvgIpc) is 3.19. The fourth-order valence-corrected chi connectivity index (χ4v) is 3.57. The highest BCUT2D eigenvalue weighted by Crippen LogP contribution is 2.42. The van der Waals surface area contributed by atoms with Crippen molar-refractivity contribution in [1.29, 1.82) is 0 Å². The van der Waals surface area contributed by atoms with Crippen LogP contribution in [0.5, 0.6) is 23.1 Å². The maximum Gasteiger partial charge on any atom is 0.515 e. The summed E-state index contributed by atoms with van der Waals surface area (Å²) in [5.74, 6) is 2.13. The van der Waals surface area contributed by atoms with Gasteiger partial charge < -0.3 is 28.7 Å². The summed E-state index contributed by atoms with van der Waals surface area (Å²) >= 11 is 0. The van der Waals surface area contributed by atoms with Crippen molar-refractivity contribution in [3.8, 4) is 34.3 Å². The van der Waals surface area contributed by atoms with Crippen molar-refractivity contribution < 1.29 is 28.5 Å². The Morgan fingerprint density at radius 3 is 2.42 bits per heavy atom. The van der Waals surface area contributed by atoms with Crippen molar-refractivity contribution in [3.63, 3.8) is 0 Å². The third-order valence-electron chi connectivity index (χ3n) is 5.10. The van der Waals surface area contributed by atoms with Gasteiger partial charge in [-0.2, -0.15) is 0 Å². The second kappa shape index (κ2) is 9.99. The fourth-order valence-electron chi connectivity index (χ4n) is 3.57. The van der Waals surface area contributed by atoms with Gasteiger partial charge in [-0.1, -0.05) is 36.4 Å². The molecule has 0 saturated heterocycles. The zero-order chi connectivity index (χ0) is 23.2. The van der Waals surface area contributed by atoms with E-state index in [1.165, 1.54) is 0 Å². The number of carbonyl (C=O) groups excluding carboxylic acids is 1. The number of rotatable bonds is 8. The number of ether oxygens (including phenoxy) is 5. The Hall–Kier alpha value is -4.13. The van der Waals surface area contributed by atoms with Crippen LogP contribution in [-0.4, -0.2) is 32.0 Å². The first-order valence-electron chi connectivity index (χ1n) is 10.5. The molecule has 4 rings (SSSR count). The van der Waals surface area contributed by atoms with Crippen LogP contribution in [0.15, 0.2) is 66.7 Å². The molecule has 4 aromatic rings. The topological polar surface area (TPSA) is 79.0 Å². The van der Waals surface area contributed by atoms with E-state index in [9.17, 15) is 4.79 Å². The maximum atomic E-state index is 12.1. The van der Waals surface area contributed by atoms with Crippen molar-refractivity contribution >= 4 is 17.1 Å². The number of carbonyl (C=O) groups is 1. The molecule has 0 saturated carbocycles. The lowest BCUT2D eigenvalue weighted by Crippen LogP contribution is -2.10. The number of H-pyrrole nitrogens is 1. The van der Waals surface area contributed by atoms with Crippen molar-refractivity contribution in [3.05, 3.63) is 72.3 Å². The molecule has 0 fully saturated rings. The van der Waals surface area contributed by atoms with Gasteiger partial charge in [0.2, 0.25) is 5.88 Å². The predicted octanol–water partition coefficient (Wildman–Crippen LogP) is 5.97. The van der Waals surface area contributed by atoms with E-state index in [2.05, 4.69) is 4.98 Å². The van der Waals surface area contributed by atoms with Gasteiger partial charge in [0.1, 0.15) is 12.4 Å². The molecule has 0 aliphatic heterocycles. The standard InChI is InChI=1S/C26H25NO6/c1-4-31-26(28)33-25-24(18-10-13-22(29-2)23(14-18)30-3)20-12-11-19(15-21(20)27-25)32-16-17-8-6-5-7-9-17/h5-15,27H,4,16H2,1-3H3. The number of aromatic amines is 1. The molecule has 0 aliphatic rings. The van der Waals surface area contributed by atoms with E-state index in [1.54, 1.807) is 27.2 Å². The highest BCUT2D eigenvalue weighted by molar-refractivity contribution is 6.00. The molecule has 1 heterocycles. The Kier molecular flexibility index (Phi) is 6.69. The lowest BCUT2D eigenvalue weighted by molar-refractivity contribution is 0.103. The largest absolute Gasteiger partial charge is 0.515 e. The Morgan fingerprint density at radius 1 is 0.909 bits per heavy atom. The summed E-state index contributed by atoms with van der Waals surface area (Å²) in [6.45, 7) is 2.38. The van der Waals surface area contributed by atoms with E-state index in [1.807, 2.05) is 60.7 Å². The Bertz CT molecular complexity index is 1250. The highest BCUT2D eigenvalue weighted by Gasteiger charge is 2.20. The molecule has 0 radical (unpaired) electrons. The summed E-state index contributed by atoms with van der Waals surface area (Å²) in [5, 5.41) is 0.855. The molecule has 0 aliphatic carbocycles. The molecule has 33 heavy (non-hydrogen) atoms. The van der Waals surface area contributed by atoms with Crippen molar-refractivity contribution in [2.75, 3.05) is 20.8 Å². The molecular formula is C26H25NO6. The molecule has 1 N–H and O–H groups in total.